The van der Waals surface area contributed by atoms with Crippen LogP contribution in [0.1, 0.15) is 27.2 Å². The number of rotatable bonds is 5. The van der Waals surface area contributed by atoms with E-state index < -0.39 is 17.7 Å². The molecule has 2 heterocycles. The number of ether oxygens (including phenoxy) is 3. The Morgan fingerprint density at radius 2 is 1.88 bits per heavy atom. The molecular weight excluding hydrogens is 420 g/mol. The van der Waals surface area contributed by atoms with Crippen molar-refractivity contribution in [3.63, 3.8) is 0 Å². The molecule has 3 aromatic rings. The summed E-state index contributed by atoms with van der Waals surface area (Å²) >= 11 is 0. The van der Waals surface area contributed by atoms with Crippen LogP contribution in [0.25, 0.3) is 22.2 Å². The third kappa shape index (κ3) is 5.08. The summed E-state index contributed by atoms with van der Waals surface area (Å²) in [5, 5.41) is 0.828. The van der Waals surface area contributed by atoms with Crippen molar-refractivity contribution in [1.82, 2.24) is 9.88 Å². The summed E-state index contributed by atoms with van der Waals surface area (Å²) in [4.78, 5) is 30.5. The van der Waals surface area contributed by atoms with Gasteiger partial charge in [-0.25, -0.2) is 9.78 Å². The highest BCUT2D eigenvalue weighted by Gasteiger charge is 2.38. The van der Waals surface area contributed by atoms with Gasteiger partial charge in [-0.05, 0) is 32.9 Å². The molecule has 1 unspecified atom stereocenters. The lowest BCUT2D eigenvalue weighted by Crippen LogP contribution is -2.41. The van der Waals surface area contributed by atoms with Gasteiger partial charge in [-0.2, -0.15) is 0 Å². The summed E-state index contributed by atoms with van der Waals surface area (Å²) in [6.45, 7) is 5.66. The Bertz CT molecular complexity index is 1160. The molecule has 7 nitrogen and oxygen atoms in total. The van der Waals surface area contributed by atoms with E-state index in [-0.39, 0.29) is 12.6 Å². The average Bonchev–Trinajstić information content (AvgIpc) is 3.21. The number of aromatic nitrogens is 1. The number of aldehydes is 1. The van der Waals surface area contributed by atoms with E-state index in [2.05, 4.69) is 0 Å². The molecule has 1 aromatic heterocycles. The highest BCUT2D eigenvalue weighted by molar-refractivity contribution is 5.89. The van der Waals surface area contributed by atoms with Crippen molar-refractivity contribution in [1.29, 1.82) is 0 Å². The maximum Gasteiger partial charge on any atom is 0.411 e. The molecule has 33 heavy (non-hydrogen) atoms. The van der Waals surface area contributed by atoms with Crippen LogP contribution < -0.4 is 9.47 Å². The van der Waals surface area contributed by atoms with Crippen LogP contribution in [0.5, 0.6) is 11.5 Å². The van der Waals surface area contributed by atoms with Crippen LogP contribution in [-0.4, -0.2) is 53.7 Å². The molecule has 0 bridgehead atoms. The monoisotopic (exact) mass is 448 g/mol. The number of hydrogen-bond acceptors (Lipinski definition) is 6. The van der Waals surface area contributed by atoms with E-state index in [1.807, 2.05) is 54.6 Å². The highest BCUT2D eigenvalue weighted by atomic mass is 16.6. The minimum Gasteiger partial charge on any atom is -0.497 e. The van der Waals surface area contributed by atoms with Crippen LogP contribution in [0.15, 0.2) is 54.6 Å². The van der Waals surface area contributed by atoms with Crippen molar-refractivity contribution < 1.29 is 23.8 Å². The van der Waals surface area contributed by atoms with Crippen LogP contribution in [0, 0.1) is 0 Å². The number of amides is 1. The zero-order chi connectivity index (χ0) is 23.6. The molecule has 0 spiro atoms. The third-order valence-corrected chi connectivity index (χ3v) is 5.43. The SMILES string of the molecule is COc1ccc2c(O[C@@H]3CC(C=O)N(C(=O)OC(C)(C)C)C3)cc(-c3ccccc3)nc2c1. The average molecular weight is 449 g/mol. The zero-order valence-corrected chi connectivity index (χ0v) is 19.3. The number of carbonyl (C=O) groups is 2. The predicted octanol–water partition coefficient (Wildman–Crippen LogP) is 4.87. The quantitative estimate of drug-likeness (QED) is 0.519. The fourth-order valence-corrected chi connectivity index (χ4v) is 3.91. The first-order valence-electron chi connectivity index (χ1n) is 10.9. The number of benzene rings is 2. The topological polar surface area (TPSA) is 78.0 Å². The molecule has 2 aromatic carbocycles. The lowest BCUT2D eigenvalue weighted by atomic mass is 10.1. The number of hydrogen-bond donors (Lipinski definition) is 0. The van der Waals surface area contributed by atoms with E-state index in [4.69, 9.17) is 19.2 Å². The van der Waals surface area contributed by atoms with Crippen LogP contribution in [-0.2, 0) is 9.53 Å². The second-order valence-electron chi connectivity index (χ2n) is 9.07. The molecule has 7 heteroatoms. The molecule has 1 amide bonds. The molecule has 1 saturated heterocycles. The van der Waals surface area contributed by atoms with Crippen LogP contribution in [0.3, 0.4) is 0 Å². The van der Waals surface area contributed by atoms with Gasteiger partial charge < -0.3 is 19.0 Å². The van der Waals surface area contributed by atoms with Crippen molar-refractivity contribution in [3.8, 4) is 22.8 Å². The van der Waals surface area contributed by atoms with Gasteiger partial charge >= 0.3 is 6.09 Å². The van der Waals surface area contributed by atoms with Gasteiger partial charge in [-0.1, -0.05) is 30.3 Å². The first kappa shape index (κ1) is 22.6. The van der Waals surface area contributed by atoms with E-state index in [0.717, 1.165) is 28.4 Å². The maximum absolute atomic E-state index is 12.6. The Morgan fingerprint density at radius 1 is 1.12 bits per heavy atom. The molecule has 0 saturated carbocycles. The second kappa shape index (κ2) is 9.10. The van der Waals surface area contributed by atoms with E-state index in [1.54, 1.807) is 27.9 Å². The number of fused-ring (bicyclic) bond motifs is 1. The van der Waals surface area contributed by atoms with Crippen molar-refractivity contribution in [3.05, 3.63) is 54.6 Å². The van der Waals surface area contributed by atoms with E-state index in [9.17, 15) is 9.59 Å². The first-order valence-corrected chi connectivity index (χ1v) is 10.9. The number of pyridine rings is 1. The van der Waals surface area contributed by atoms with Crippen molar-refractivity contribution in [2.24, 2.45) is 0 Å². The zero-order valence-electron chi connectivity index (χ0n) is 19.3. The number of methoxy groups -OCH3 is 1. The molecule has 172 valence electrons. The number of nitrogens with zero attached hydrogens (tertiary/aromatic N) is 2. The van der Waals surface area contributed by atoms with Gasteiger partial charge in [0.25, 0.3) is 0 Å². The summed E-state index contributed by atoms with van der Waals surface area (Å²) in [5.41, 5.74) is 1.81. The van der Waals surface area contributed by atoms with Gasteiger partial charge in [0, 0.05) is 29.5 Å². The lowest BCUT2D eigenvalue weighted by Gasteiger charge is -2.26. The summed E-state index contributed by atoms with van der Waals surface area (Å²) in [6.07, 6.45) is 0.297. The largest absolute Gasteiger partial charge is 0.497 e. The van der Waals surface area contributed by atoms with Gasteiger partial charge in [0.05, 0.1) is 30.9 Å². The highest BCUT2D eigenvalue weighted by Crippen LogP contribution is 2.34. The smallest absolute Gasteiger partial charge is 0.411 e. The minimum absolute atomic E-state index is 0.263. The fraction of sp³-hybridized carbons (Fsp3) is 0.346. The molecule has 1 aliphatic heterocycles. The summed E-state index contributed by atoms with van der Waals surface area (Å²) < 4.78 is 17.2. The van der Waals surface area contributed by atoms with Crippen LogP contribution in [0.4, 0.5) is 4.79 Å². The Kier molecular flexibility index (Phi) is 6.22. The van der Waals surface area contributed by atoms with Gasteiger partial charge in [0.15, 0.2) is 0 Å². The molecule has 0 radical (unpaired) electrons. The summed E-state index contributed by atoms with van der Waals surface area (Å²) in [6, 6.07) is 16.8. The minimum atomic E-state index is -0.644. The fourth-order valence-electron chi connectivity index (χ4n) is 3.91. The van der Waals surface area contributed by atoms with E-state index in [0.29, 0.717) is 17.9 Å². The van der Waals surface area contributed by atoms with E-state index >= 15 is 0 Å². The normalized spacial score (nSPS) is 18.2. The number of likely N-dealkylation sites (tertiary alicyclic amines) is 1. The molecule has 0 aliphatic carbocycles. The lowest BCUT2D eigenvalue weighted by molar-refractivity contribution is -0.111. The maximum atomic E-state index is 12.6. The molecule has 2 atom stereocenters. The Hall–Kier alpha value is -3.61. The number of carbonyl (C=O) groups excluding carboxylic acids is 2. The summed E-state index contributed by atoms with van der Waals surface area (Å²) in [5.74, 6) is 1.34. The summed E-state index contributed by atoms with van der Waals surface area (Å²) in [7, 11) is 1.61. The Labute approximate surface area is 193 Å². The molecule has 1 aliphatic rings. The first-order chi connectivity index (χ1) is 15.8. The van der Waals surface area contributed by atoms with E-state index in [1.165, 1.54) is 4.90 Å². The van der Waals surface area contributed by atoms with Crippen molar-refractivity contribution >= 4 is 23.3 Å². The second-order valence-corrected chi connectivity index (χ2v) is 9.07. The predicted molar refractivity (Wildman–Crippen MR) is 126 cm³/mol. The van der Waals surface area contributed by atoms with Gasteiger partial charge in [0.1, 0.15) is 29.5 Å². The van der Waals surface area contributed by atoms with Crippen LogP contribution in [0.2, 0.25) is 0 Å². The molecule has 4 rings (SSSR count). The Morgan fingerprint density at radius 3 is 2.55 bits per heavy atom. The Balaban J connectivity index is 1.66. The van der Waals surface area contributed by atoms with Crippen molar-refractivity contribution in [2.45, 2.75) is 44.9 Å². The van der Waals surface area contributed by atoms with Crippen molar-refractivity contribution in [2.75, 3.05) is 13.7 Å². The molecular formula is C26H28N2O5. The van der Waals surface area contributed by atoms with Gasteiger partial charge in [-0.3, -0.25) is 4.90 Å². The molecule has 0 N–H and O–H groups in total. The van der Waals surface area contributed by atoms with Crippen LogP contribution >= 0.6 is 0 Å². The van der Waals surface area contributed by atoms with Gasteiger partial charge in [0.2, 0.25) is 0 Å². The third-order valence-electron chi connectivity index (χ3n) is 5.43. The standard InChI is InChI=1S/C26H28N2O5/c1-26(2,3)33-25(30)28-15-20(12-18(28)16-29)32-24-14-22(17-8-6-5-7-9-17)27-23-13-19(31-4)10-11-21(23)24/h5-11,13-14,16,18,20H,12,15H2,1-4H3/t18?,20-/m1/s1. The molecule has 1 fully saturated rings. The van der Waals surface area contributed by atoms with Gasteiger partial charge in [-0.15, -0.1) is 0 Å².